The van der Waals surface area contributed by atoms with Gasteiger partial charge >= 0.3 is 16.8 Å². The normalized spacial score (nSPS) is 19.9. The Hall–Kier alpha value is -1.45. The molecule has 1 fully saturated rings. The summed E-state index contributed by atoms with van der Waals surface area (Å²) in [6.07, 6.45) is 1.87. The fraction of sp³-hybridized carbons (Fsp3) is 0.600. The number of para-hydroxylation sites is 1. The fourth-order valence-electron chi connectivity index (χ4n) is 3.09. The van der Waals surface area contributed by atoms with E-state index in [1.165, 1.54) is 14.7 Å². The number of hydrogen-bond donors (Lipinski definition) is 0. The lowest BCUT2D eigenvalue weighted by Crippen LogP contribution is -2.47. The summed E-state index contributed by atoms with van der Waals surface area (Å²) < 4.78 is 63.9. The molecule has 0 amide bonds. The number of aryl methyl sites for hydroxylation is 1. The smallest absolute Gasteiger partial charge is 0.387 e. The number of benzene rings is 1. The summed E-state index contributed by atoms with van der Waals surface area (Å²) in [6.45, 7) is -1.30. The van der Waals surface area contributed by atoms with Gasteiger partial charge in [-0.2, -0.15) is 21.5 Å². The van der Waals surface area contributed by atoms with E-state index in [0.717, 1.165) is 0 Å². The monoisotopic (exact) mass is 362 g/mol. The van der Waals surface area contributed by atoms with Crippen LogP contribution in [0, 0.1) is 0 Å². The Morgan fingerprint density at radius 1 is 1.12 bits per heavy atom. The van der Waals surface area contributed by atoms with E-state index < -0.39 is 16.8 Å². The van der Waals surface area contributed by atoms with Gasteiger partial charge in [-0.15, -0.1) is 0 Å². The van der Waals surface area contributed by atoms with Crippen LogP contribution in [0.4, 0.5) is 14.5 Å². The van der Waals surface area contributed by atoms with Crippen LogP contribution in [0.25, 0.3) is 0 Å². The molecular formula is C15H20F2N2O4S. The van der Waals surface area contributed by atoms with E-state index in [9.17, 15) is 17.2 Å². The first-order valence-electron chi connectivity index (χ1n) is 7.92. The van der Waals surface area contributed by atoms with Crippen molar-refractivity contribution in [2.24, 2.45) is 0 Å². The number of ether oxygens (including phenoxy) is 2. The van der Waals surface area contributed by atoms with Crippen molar-refractivity contribution < 1.29 is 26.7 Å². The molecule has 0 saturated carbocycles. The van der Waals surface area contributed by atoms with Crippen molar-refractivity contribution in [1.82, 2.24) is 4.31 Å². The van der Waals surface area contributed by atoms with E-state index in [2.05, 4.69) is 4.74 Å². The quantitative estimate of drug-likeness (QED) is 0.822. The summed E-state index contributed by atoms with van der Waals surface area (Å²) in [6, 6.07) is 4.73. The van der Waals surface area contributed by atoms with Crippen LogP contribution in [0.2, 0.25) is 0 Å². The van der Waals surface area contributed by atoms with E-state index in [1.807, 2.05) is 0 Å². The van der Waals surface area contributed by atoms with E-state index in [4.69, 9.17) is 4.74 Å². The van der Waals surface area contributed by atoms with Crippen LogP contribution in [-0.4, -0.2) is 52.2 Å². The Kier molecular flexibility index (Phi) is 5.21. The molecule has 0 atom stereocenters. The van der Waals surface area contributed by atoms with Gasteiger partial charge in [0.1, 0.15) is 0 Å². The standard InChI is InChI=1S/C15H20F2N2O4S/c16-15(17)23-13-6-1-4-12-5-2-8-19(14(12)13)24(20,21)18-7-3-10-22-11-9-18/h1,4,6,15H,2-3,5,7-11H2. The lowest BCUT2D eigenvalue weighted by Gasteiger charge is -2.35. The molecule has 0 radical (unpaired) electrons. The van der Waals surface area contributed by atoms with Crippen molar-refractivity contribution in [3.05, 3.63) is 23.8 Å². The van der Waals surface area contributed by atoms with Gasteiger partial charge in [0.25, 0.3) is 0 Å². The van der Waals surface area contributed by atoms with Crippen LogP contribution in [0.15, 0.2) is 18.2 Å². The van der Waals surface area contributed by atoms with Crippen LogP contribution >= 0.6 is 0 Å². The molecule has 24 heavy (non-hydrogen) atoms. The van der Waals surface area contributed by atoms with Crippen LogP contribution in [-0.2, 0) is 21.4 Å². The third kappa shape index (κ3) is 3.47. The second-order valence-electron chi connectivity index (χ2n) is 5.69. The Labute approximate surface area is 140 Å². The highest BCUT2D eigenvalue weighted by molar-refractivity contribution is 7.90. The molecule has 0 aliphatic carbocycles. The maximum atomic E-state index is 13.0. The summed E-state index contributed by atoms with van der Waals surface area (Å²) in [7, 11) is -3.82. The van der Waals surface area contributed by atoms with E-state index >= 15 is 0 Å². The van der Waals surface area contributed by atoms with Gasteiger partial charge in [-0.1, -0.05) is 12.1 Å². The predicted molar refractivity (Wildman–Crippen MR) is 84.7 cm³/mol. The number of anilines is 1. The molecule has 9 heteroatoms. The summed E-state index contributed by atoms with van der Waals surface area (Å²) >= 11 is 0. The average Bonchev–Trinajstić information content (AvgIpc) is 2.84. The van der Waals surface area contributed by atoms with Gasteiger partial charge in [0, 0.05) is 26.2 Å². The van der Waals surface area contributed by atoms with Crippen molar-refractivity contribution in [3.8, 4) is 5.75 Å². The maximum absolute atomic E-state index is 13.0. The first-order valence-corrected chi connectivity index (χ1v) is 9.32. The van der Waals surface area contributed by atoms with Gasteiger partial charge in [0.2, 0.25) is 0 Å². The van der Waals surface area contributed by atoms with Gasteiger partial charge in [-0.05, 0) is 30.9 Å². The van der Waals surface area contributed by atoms with Crippen molar-refractivity contribution in [2.75, 3.05) is 37.2 Å². The van der Waals surface area contributed by atoms with Crippen LogP contribution < -0.4 is 9.04 Å². The minimum atomic E-state index is -3.82. The van der Waals surface area contributed by atoms with Crippen LogP contribution in [0.1, 0.15) is 18.4 Å². The molecule has 0 N–H and O–H groups in total. The SMILES string of the molecule is O=S(=O)(N1CCCOCC1)N1CCCc2cccc(OC(F)F)c21. The zero-order chi connectivity index (χ0) is 17.2. The van der Waals surface area contributed by atoms with Crippen molar-refractivity contribution >= 4 is 15.9 Å². The van der Waals surface area contributed by atoms with Gasteiger partial charge in [0.05, 0.1) is 12.3 Å². The zero-order valence-corrected chi connectivity index (χ0v) is 14.0. The molecule has 134 valence electrons. The number of rotatable bonds is 4. The minimum Gasteiger partial charge on any atom is -0.433 e. The summed E-state index contributed by atoms with van der Waals surface area (Å²) in [5.41, 5.74) is 0.934. The molecule has 2 aliphatic heterocycles. The molecule has 1 aromatic rings. The second kappa shape index (κ2) is 7.20. The lowest BCUT2D eigenvalue weighted by atomic mass is 10.0. The minimum absolute atomic E-state index is 0.100. The third-order valence-corrected chi connectivity index (χ3v) is 6.08. The Bertz CT molecular complexity index is 676. The molecular weight excluding hydrogens is 342 g/mol. The lowest BCUT2D eigenvalue weighted by molar-refractivity contribution is -0.0495. The Balaban J connectivity index is 1.98. The summed E-state index contributed by atoms with van der Waals surface area (Å²) in [5.74, 6) is -0.100. The molecule has 0 aromatic heterocycles. The van der Waals surface area contributed by atoms with E-state index in [-0.39, 0.29) is 24.5 Å². The van der Waals surface area contributed by atoms with Crippen molar-refractivity contribution in [2.45, 2.75) is 25.9 Å². The van der Waals surface area contributed by atoms with E-state index in [1.54, 1.807) is 12.1 Å². The molecule has 0 unspecified atom stereocenters. The average molecular weight is 362 g/mol. The molecule has 2 heterocycles. The van der Waals surface area contributed by atoms with Gasteiger partial charge in [-0.25, -0.2) is 0 Å². The Morgan fingerprint density at radius 2 is 1.96 bits per heavy atom. The number of alkyl halides is 2. The molecule has 2 aliphatic rings. The third-order valence-electron chi connectivity index (χ3n) is 4.14. The molecule has 0 bridgehead atoms. The number of halogens is 2. The second-order valence-corrected chi connectivity index (χ2v) is 7.54. The van der Waals surface area contributed by atoms with Crippen LogP contribution in [0.3, 0.4) is 0 Å². The van der Waals surface area contributed by atoms with Gasteiger partial charge in [0.15, 0.2) is 5.75 Å². The van der Waals surface area contributed by atoms with Crippen molar-refractivity contribution in [3.63, 3.8) is 0 Å². The first-order chi connectivity index (χ1) is 11.5. The number of nitrogens with zero attached hydrogens (tertiary/aromatic N) is 2. The van der Waals surface area contributed by atoms with E-state index in [0.29, 0.717) is 44.6 Å². The largest absolute Gasteiger partial charge is 0.433 e. The Morgan fingerprint density at radius 3 is 2.75 bits per heavy atom. The highest BCUT2D eigenvalue weighted by Crippen LogP contribution is 2.39. The molecule has 1 aromatic carbocycles. The topological polar surface area (TPSA) is 59.1 Å². The fourth-order valence-corrected chi connectivity index (χ4v) is 4.83. The van der Waals surface area contributed by atoms with Gasteiger partial charge < -0.3 is 9.47 Å². The summed E-state index contributed by atoms with van der Waals surface area (Å²) in [4.78, 5) is 0. The zero-order valence-electron chi connectivity index (χ0n) is 13.2. The van der Waals surface area contributed by atoms with Crippen molar-refractivity contribution in [1.29, 1.82) is 0 Å². The first kappa shape index (κ1) is 17.4. The predicted octanol–water partition coefficient (Wildman–Crippen LogP) is 2.01. The van der Waals surface area contributed by atoms with Crippen LogP contribution in [0.5, 0.6) is 5.75 Å². The number of fused-ring (bicyclic) bond motifs is 1. The highest BCUT2D eigenvalue weighted by Gasteiger charge is 2.35. The summed E-state index contributed by atoms with van der Waals surface area (Å²) in [5, 5.41) is 0. The van der Waals surface area contributed by atoms with Gasteiger partial charge in [-0.3, -0.25) is 4.31 Å². The maximum Gasteiger partial charge on any atom is 0.387 e. The molecule has 0 spiro atoms. The highest BCUT2D eigenvalue weighted by atomic mass is 32.2. The molecule has 6 nitrogen and oxygen atoms in total. The molecule has 1 saturated heterocycles. The number of hydrogen-bond acceptors (Lipinski definition) is 4. The molecule has 3 rings (SSSR count).